The molecule has 0 aliphatic carbocycles. The summed E-state index contributed by atoms with van der Waals surface area (Å²) in [5.74, 6) is 5.53. The molecule has 2 nitrogen and oxygen atoms in total. The monoisotopic (exact) mass is 204 g/mol. The number of rotatable bonds is 5. The van der Waals surface area contributed by atoms with Gasteiger partial charge in [0.1, 0.15) is 0 Å². The van der Waals surface area contributed by atoms with Gasteiger partial charge < -0.3 is 0 Å². The minimum atomic E-state index is 0.174. The summed E-state index contributed by atoms with van der Waals surface area (Å²) < 4.78 is 0. The van der Waals surface area contributed by atoms with E-state index in [0.29, 0.717) is 0 Å². The minimum absolute atomic E-state index is 0.174. The molecule has 0 fully saturated rings. The number of nitrogens with two attached hydrogens (primary N) is 1. The summed E-state index contributed by atoms with van der Waals surface area (Å²) in [5, 5.41) is 0. The predicted molar refractivity (Wildman–Crippen MR) is 65.3 cm³/mol. The Morgan fingerprint density at radius 2 is 2.00 bits per heavy atom. The fourth-order valence-corrected chi connectivity index (χ4v) is 1.61. The van der Waals surface area contributed by atoms with Gasteiger partial charge in [0.05, 0.1) is 0 Å². The van der Waals surface area contributed by atoms with E-state index in [-0.39, 0.29) is 6.04 Å². The number of hydrogen-bond acceptors (Lipinski definition) is 2. The molecule has 0 radical (unpaired) electrons. The number of aryl methyl sites for hydroxylation is 1. The summed E-state index contributed by atoms with van der Waals surface area (Å²) >= 11 is 0. The molecule has 0 aliphatic rings. The van der Waals surface area contributed by atoms with Crippen molar-refractivity contribution in [3.05, 3.63) is 47.5 Å². The van der Waals surface area contributed by atoms with Crippen LogP contribution in [0, 0.1) is 0 Å². The molecule has 82 valence electrons. The van der Waals surface area contributed by atoms with Crippen molar-refractivity contribution in [2.45, 2.75) is 32.7 Å². The predicted octanol–water partition coefficient (Wildman–Crippen LogP) is 2.72. The molecule has 0 aliphatic heterocycles. The van der Waals surface area contributed by atoms with Crippen LogP contribution in [0.15, 0.2) is 36.4 Å². The van der Waals surface area contributed by atoms with Gasteiger partial charge in [-0.3, -0.25) is 11.3 Å². The molecule has 0 aromatic heterocycles. The van der Waals surface area contributed by atoms with Crippen LogP contribution < -0.4 is 11.3 Å². The Morgan fingerprint density at radius 1 is 1.40 bits per heavy atom. The summed E-state index contributed by atoms with van der Waals surface area (Å²) in [7, 11) is 0. The van der Waals surface area contributed by atoms with Crippen LogP contribution in [0.4, 0.5) is 0 Å². The van der Waals surface area contributed by atoms with Crippen LogP contribution in [0.1, 0.15) is 37.4 Å². The number of benzene rings is 1. The first-order chi connectivity index (χ1) is 7.17. The lowest BCUT2D eigenvalue weighted by Crippen LogP contribution is -2.28. The van der Waals surface area contributed by atoms with E-state index in [0.717, 1.165) is 18.4 Å². The van der Waals surface area contributed by atoms with Crippen LogP contribution in [0.2, 0.25) is 0 Å². The van der Waals surface area contributed by atoms with Gasteiger partial charge in [-0.25, -0.2) is 0 Å². The Bertz CT molecular complexity index is 314. The highest BCUT2D eigenvalue weighted by Gasteiger charge is 2.08. The summed E-state index contributed by atoms with van der Waals surface area (Å²) in [4.78, 5) is 0. The second-order valence-corrected chi connectivity index (χ2v) is 3.98. The van der Waals surface area contributed by atoms with E-state index in [4.69, 9.17) is 5.84 Å². The summed E-state index contributed by atoms with van der Waals surface area (Å²) in [6.45, 7) is 8.08. The highest BCUT2D eigenvalue weighted by Crippen LogP contribution is 2.19. The zero-order chi connectivity index (χ0) is 11.3. The normalized spacial score (nSPS) is 12.5. The third kappa shape index (κ3) is 3.50. The highest BCUT2D eigenvalue weighted by molar-refractivity contribution is 5.25. The van der Waals surface area contributed by atoms with Crippen LogP contribution >= 0.6 is 0 Å². The maximum atomic E-state index is 5.53. The molecular weight excluding hydrogens is 184 g/mol. The molecule has 3 N–H and O–H groups in total. The zero-order valence-corrected chi connectivity index (χ0v) is 9.59. The minimum Gasteiger partial charge on any atom is -0.271 e. The Morgan fingerprint density at radius 3 is 2.40 bits per heavy atom. The van der Waals surface area contributed by atoms with Crippen LogP contribution in [0.5, 0.6) is 0 Å². The molecule has 1 rings (SSSR count). The molecule has 1 aromatic carbocycles. The molecule has 0 amide bonds. The van der Waals surface area contributed by atoms with Gasteiger partial charge in [-0.1, -0.05) is 36.8 Å². The van der Waals surface area contributed by atoms with Crippen molar-refractivity contribution in [3.63, 3.8) is 0 Å². The summed E-state index contributed by atoms with van der Waals surface area (Å²) in [5.41, 5.74) is 6.53. The molecule has 0 saturated carbocycles. The SMILES string of the molecule is C=C(C)CC(NN)c1ccc(CC)cc1. The molecule has 0 spiro atoms. The smallest absolute Gasteiger partial charge is 0.0496 e. The lowest BCUT2D eigenvalue weighted by atomic mass is 9.99. The van der Waals surface area contributed by atoms with Crippen molar-refractivity contribution in [3.8, 4) is 0 Å². The van der Waals surface area contributed by atoms with Crippen LogP contribution in [0.3, 0.4) is 0 Å². The molecule has 0 heterocycles. The molecule has 2 heteroatoms. The molecular formula is C13H20N2. The molecule has 0 saturated heterocycles. The van der Waals surface area contributed by atoms with Crippen molar-refractivity contribution in [2.75, 3.05) is 0 Å². The first-order valence-electron chi connectivity index (χ1n) is 5.36. The average Bonchev–Trinajstić information content (AvgIpc) is 2.26. The van der Waals surface area contributed by atoms with Gasteiger partial charge in [0.15, 0.2) is 0 Å². The van der Waals surface area contributed by atoms with E-state index in [1.807, 2.05) is 6.92 Å². The third-order valence-corrected chi connectivity index (χ3v) is 2.54. The fraction of sp³-hybridized carbons (Fsp3) is 0.385. The molecule has 1 aromatic rings. The van der Waals surface area contributed by atoms with Gasteiger partial charge in [-0.15, -0.1) is 6.58 Å². The van der Waals surface area contributed by atoms with E-state index in [1.54, 1.807) is 0 Å². The largest absolute Gasteiger partial charge is 0.271 e. The molecule has 0 bridgehead atoms. The fourth-order valence-electron chi connectivity index (χ4n) is 1.61. The van der Waals surface area contributed by atoms with E-state index in [1.165, 1.54) is 11.1 Å². The van der Waals surface area contributed by atoms with Gasteiger partial charge in [0, 0.05) is 6.04 Å². The first kappa shape index (κ1) is 12.0. The van der Waals surface area contributed by atoms with Crippen molar-refractivity contribution < 1.29 is 0 Å². The van der Waals surface area contributed by atoms with Crippen LogP contribution in [-0.2, 0) is 6.42 Å². The van der Waals surface area contributed by atoms with Crippen molar-refractivity contribution in [1.82, 2.24) is 5.43 Å². The van der Waals surface area contributed by atoms with Crippen LogP contribution in [-0.4, -0.2) is 0 Å². The zero-order valence-electron chi connectivity index (χ0n) is 9.59. The number of hydrazine groups is 1. The van der Waals surface area contributed by atoms with Gasteiger partial charge in [-0.05, 0) is 30.9 Å². The van der Waals surface area contributed by atoms with Crippen LogP contribution in [0.25, 0.3) is 0 Å². The van der Waals surface area contributed by atoms with Gasteiger partial charge >= 0.3 is 0 Å². The maximum Gasteiger partial charge on any atom is 0.0496 e. The summed E-state index contributed by atoms with van der Waals surface area (Å²) in [6, 6.07) is 8.74. The van der Waals surface area contributed by atoms with E-state index in [9.17, 15) is 0 Å². The second-order valence-electron chi connectivity index (χ2n) is 3.98. The third-order valence-electron chi connectivity index (χ3n) is 2.54. The Hall–Kier alpha value is -1.12. The lowest BCUT2D eigenvalue weighted by molar-refractivity contribution is 0.550. The quantitative estimate of drug-likeness (QED) is 0.439. The van der Waals surface area contributed by atoms with E-state index < -0.39 is 0 Å². The number of nitrogens with one attached hydrogen (secondary N) is 1. The highest BCUT2D eigenvalue weighted by atomic mass is 15.2. The van der Waals surface area contributed by atoms with Crippen molar-refractivity contribution >= 4 is 0 Å². The van der Waals surface area contributed by atoms with Crippen molar-refractivity contribution in [1.29, 1.82) is 0 Å². The Labute approximate surface area is 92.2 Å². The second kappa shape index (κ2) is 5.69. The first-order valence-corrected chi connectivity index (χ1v) is 5.36. The lowest BCUT2D eigenvalue weighted by Gasteiger charge is -2.16. The molecule has 1 atom stereocenters. The maximum absolute atomic E-state index is 5.53. The van der Waals surface area contributed by atoms with Gasteiger partial charge in [0.2, 0.25) is 0 Å². The number of hydrogen-bond donors (Lipinski definition) is 2. The van der Waals surface area contributed by atoms with E-state index >= 15 is 0 Å². The van der Waals surface area contributed by atoms with Gasteiger partial charge in [-0.2, -0.15) is 0 Å². The molecule has 1 unspecified atom stereocenters. The van der Waals surface area contributed by atoms with Gasteiger partial charge in [0.25, 0.3) is 0 Å². The van der Waals surface area contributed by atoms with Crippen molar-refractivity contribution in [2.24, 2.45) is 5.84 Å². The Balaban J connectivity index is 2.78. The standard InChI is InChI=1S/C13H20N2/c1-4-11-5-7-12(8-6-11)13(15-14)9-10(2)3/h5-8,13,15H,2,4,9,14H2,1,3H3. The topological polar surface area (TPSA) is 38.0 Å². The molecule has 15 heavy (non-hydrogen) atoms. The van der Waals surface area contributed by atoms with E-state index in [2.05, 4.69) is 43.2 Å². The Kier molecular flexibility index (Phi) is 4.53. The summed E-state index contributed by atoms with van der Waals surface area (Å²) in [6.07, 6.45) is 1.95. The average molecular weight is 204 g/mol.